The van der Waals surface area contributed by atoms with E-state index in [0.29, 0.717) is 6.04 Å². The Morgan fingerprint density at radius 1 is 1.39 bits per heavy atom. The minimum atomic E-state index is 0.693. The molecule has 2 aliphatic heterocycles. The number of benzene rings is 1. The second kappa shape index (κ2) is 6.09. The fourth-order valence-electron chi connectivity index (χ4n) is 2.82. The highest BCUT2D eigenvalue weighted by molar-refractivity contribution is 7.99. The molecule has 1 unspecified atom stereocenters. The van der Waals surface area contributed by atoms with Gasteiger partial charge in [0.25, 0.3) is 0 Å². The van der Waals surface area contributed by atoms with Crippen molar-refractivity contribution in [3.8, 4) is 0 Å². The summed E-state index contributed by atoms with van der Waals surface area (Å²) in [6.45, 7) is 3.42. The molecule has 1 aromatic carbocycles. The van der Waals surface area contributed by atoms with Gasteiger partial charge in [0.15, 0.2) is 0 Å². The van der Waals surface area contributed by atoms with Gasteiger partial charge in [-0.05, 0) is 61.7 Å². The van der Waals surface area contributed by atoms with Crippen LogP contribution in [0.4, 0.5) is 0 Å². The fourth-order valence-corrected chi connectivity index (χ4v) is 3.84. The average Bonchev–Trinajstić information content (AvgIpc) is 2.92. The van der Waals surface area contributed by atoms with Crippen molar-refractivity contribution in [3.63, 3.8) is 0 Å². The zero-order valence-electron chi connectivity index (χ0n) is 10.9. The first-order valence-corrected chi connectivity index (χ1v) is 8.09. The van der Waals surface area contributed by atoms with Gasteiger partial charge in [-0.25, -0.2) is 0 Å². The summed E-state index contributed by atoms with van der Waals surface area (Å²) >= 11 is 2.02. The van der Waals surface area contributed by atoms with E-state index in [9.17, 15) is 0 Å². The highest BCUT2D eigenvalue weighted by Crippen LogP contribution is 2.30. The van der Waals surface area contributed by atoms with E-state index in [1.165, 1.54) is 42.0 Å². The molecule has 0 saturated carbocycles. The van der Waals surface area contributed by atoms with Crippen molar-refractivity contribution in [3.05, 3.63) is 29.3 Å². The third kappa shape index (κ3) is 3.08. The Hall–Kier alpha value is -0.510. The number of hydrogen-bond acceptors (Lipinski definition) is 3. The molecule has 98 valence electrons. The quantitative estimate of drug-likeness (QED) is 0.870. The van der Waals surface area contributed by atoms with Gasteiger partial charge in [-0.2, -0.15) is 0 Å². The van der Waals surface area contributed by atoms with Crippen molar-refractivity contribution in [1.29, 1.82) is 0 Å². The van der Waals surface area contributed by atoms with Crippen LogP contribution in [-0.4, -0.2) is 31.4 Å². The van der Waals surface area contributed by atoms with Gasteiger partial charge in [-0.3, -0.25) is 0 Å². The lowest BCUT2D eigenvalue weighted by molar-refractivity contribution is 0.550. The first kappa shape index (κ1) is 12.5. The molecular formula is C15H22N2S. The summed E-state index contributed by atoms with van der Waals surface area (Å²) in [5.41, 5.74) is 3.07. The molecule has 0 aromatic heterocycles. The highest BCUT2D eigenvalue weighted by Gasteiger charge is 2.13. The molecule has 1 aromatic rings. The molecule has 0 spiro atoms. The van der Waals surface area contributed by atoms with Crippen molar-refractivity contribution in [2.24, 2.45) is 0 Å². The van der Waals surface area contributed by atoms with Crippen molar-refractivity contribution < 1.29 is 0 Å². The SMILES string of the molecule is c1cc2c(cc1CCNC1CCNC1)CCCS2. The van der Waals surface area contributed by atoms with Crippen LogP contribution in [0.2, 0.25) is 0 Å². The number of fused-ring (bicyclic) bond motifs is 1. The molecule has 3 rings (SSSR count). The molecule has 2 aliphatic rings. The number of rotatable bonds is 4. The molecule has 0 aliphatic carbocycles. The van der Waals surface area contributed by atoms with Crippen LogP contribution in [-0.2, 0) is 12.8 Å². The van der Waals surface area contributed by atoms with Crippen LogP contribution < -0.4 is 10.6 Å². The first-order chi connectivity index (χ1) is 8.92. The Morgan fingerprint density at radius 2 is 2.39 bits per heavy atom. The van der Waals surface area contributed by atoms with E-state index in [-0.39, 0.29) is 0 Å². The lowest BCUT2D eigenvalue weighted by Gasteiger charge is -2.16. The number of nitrogens with one attached hydrogen (secondary N) is 2. The van der Waals surface area contributed by atoms with Crippen molar-refractivity contribution in [2.75, 3.05) is 25.4 Å². The van der Waals surface area contributed by atoms with Crippen LogP contribution >= 0.6 is 11.8 Å². The zero-order valence-corrected chi connectivity index (χ0v) is 11.7. The van der Waals surface area contributed by atoms with Crippen LogP contribution in [0.3, 0.4) is 0 Å². The summed E-state index contributed by atoms with van der Waals surface area (Å²) in [7, 11) is 0. The van der Waals surface area contributed by atoms with Crippen molar-refractivity contribution in [1.82, 2.24) is 10.6 Å². The maximum Gasteiger partial charge on any atom is 0.0204 e. The van der Waals surface area contributed by atoms with E-state index >= 15 is 0 Å². The average molecular weight is 262 g/mol. The van der Waals surface area contributed by atoms with E-state index in [2.05, 4.69) is 28.8 Å². The van der Waals surface area contributed by atoms with Gasteiger partial charge in [-0.15, -0.1) is 11.8 Å². The van der Waals surface area contributed by atoms with Crippen LogP contribution in [0.5, 0.6) is 0 Å². The molecular weight excluding hydrogens is 240 g/mol. The normalized spacial score (nSPS) is 23.0. The summed E-state index contributed by atoms with van der Waals surface area (Å²) in [6, 6.07) is 7.76. The molecule has 18 heavy (non-hydrogen) atoms. The second-order valence-corrected chi connectivity index (χ2v) is 6.42. The maximum atomic E-state index is 3.64. The van der Waals surface area contributed by atoms with Gasteiger partial charge in [0.2, 0.25) is 0 Å². The molecule has 0 bridgehead atoms. The largest absolute Gasteiger partial charge is 0.315 e. The Labute approximate surface area is 114 Å². The van der Waals surface area contributed by atoms with Gasteiger partial charge < -0.3 is 10.6 Å². The minimum absolute atomic E-state index is 0.693. The van der Waals surface area contributed by atoms with Crippen LogP contribution in [0.15, 0.2) is 23.1 Å². The molecule has 2 heterocycles. The van der Waals surface area contributed by atoms with Gasteiger partial charge in [-0.1, -0.05) is 12.1 Å². The smallest absolute Gasteiger partial charge is 0.0204 e. The van der Waals surface area contributed by atoms with Crippen LogP contribution in [0, 0.1) is 0 Å². The predicted octanol–water partition coefficient (Wildman–Crippen LogP) is 2.22. The van der Waals surface area contributed by atoms with E-state index in [1.807, 2.05) is 11.8 Å². The lowest BCUT2D eigenvalue weighted by atomic mass is 10.0. The molecule has 0 radical (unpaired) electrons. The molecule has 1 atom stereocenters. The van der Waals surface area contributed by atoms with Crippen LogP contribution in [0.1, 0.15) is 24.0 Å². The summed E-state index contributed by atoms with van der Waals surface area (Å²) in [5, 5.41) is 7.04. The van der Waals surface area contributed by atoms with Gasteiger partial charge in [0.05, 0.1) is 0 Å². The summed E-state index contributed by atoms with van der Waals surface area (Å²) in [6.07, 6.45) is 5.05. The number of thioether (sulfide) groups is 1. The van der Waals surface area contributed by atoms with E-state index in [1.54, 1.807) is 5.56 Å². The third-order valence-corrected chi connectivity index (χ3v) is 5.08. The van der Waals surface area contributed by atoms with Crippen molar-refractivity contribution >= 4 is 11.8 Å². The molecule has 2 N–H and O–H groups in total. The first-order valence-electron chi connectivity index (χ1n) is 7.10. The van der Waals surface area contributed by atoms with E-state index < -0.39 is 0 Å². The Kier molecular flexibility index (Phi) is 4.24. The van der Waals surface area contributed by atoms with E-state index in [0.717, 1.165) is 19.5 Å². The zero-order chi connectivity index (χ0) is 12.2. The summed E-state index contributed by atoms with van der Waals surface area (Å²) in [5.74, 6) is 1.29. The third-order valence-electron chi connectivity index (χ3n) is 3.88. The lowest BCUT2D eigenvalue weighted by Crippen LogP contribution is -2.32. The van der Waals surface area contributed by atoms with Crippen LogP contribution in [0.25, 0.3) is 0 Å². The van der Waals surface area contributed by atoms with Gasteiger partial charge >= 0.3 is 0 Å². The molecule has 1 fully saturated rings. The topological polar surface area (TPSA) is 24.1 Å². The Balaban J connectivity index is 1.52. The van der Waals surface area contributed by atoms with E-state index in [4.69, 9.17) is 0 Å². The summed E-state index contributed by atoms with van der Waals surface area (Å²) in [4.78, 5) is 1.51. The number of hydrogen-bond donors (Lipinski definition) is 2. The number of aryl methyl sites for hydroxylation is 1. The predicted molar refractivity (Wildman–Crippen MR) is 78.5 cm³/mol. The molecule has 0 amide bonds. The standard InChI is InChI=1S/C15H22N2S/c1-2-13-10-12(3-4-15(13)18-9-1)5-8-17-14-6-7-16-11-14/h3-4,10,14,16-17H,1-2,5-9,11H2. The monoisotopic (exact) mass is 262 g/mol. The van der Waals surface area contributed by atoms with Gasteiger partial charge in [0, 0.05) is 17.5 Å². The highest BCUT2D eigenvalue weighted by atomic mass is 32.2. The maximum absolute atomic E-state index is 3.64. The second-order valence-electron chi connectivity index (χ2n) is 5.29. The molecule has 1 saturated heterocycles. The minimum Gasteiger partial charge on any atom is -0.315 e. The molecule has 2 nitrogen and oxygen atoms in total. The summed E-state index contributed by atoms with van der Waals surface area (Å²) < 4.78 is 0. The van der Waals surface area contributed by atoms with Gasteiger partial charge in [0.1, 0.15) is 0 Å². The fraction of sp³-hybridized carbons (Fsp3) is 0.600. The van der Waals surface area contributed by atoms with Crippen molar-refractivity contribution in [2.45, 2.75) is 36.6 Å². The Morgan fingerprint density at radius 3 is 3.28 bits per heavy atom. The Bertz CT molecular complexity index is 399. The molecule has 3 heteroatoms.